The zero-order valence-electron chi connectivity index (χ0n) is 25.8. The first-order valence-electron chi connectivity index (χ1n) is 13.7. The number of para-hydroxylation sites is 2. The van der Waals surface area contributed by atoms with E-state index in [1.807, 2.05) is 115 Å². The second kappa shape index (κ2) is 23.0. The van der Waals surface area contributed by atoms with Crippen LogP contribution < -0.4 is 23.6 Å². The zero-order valence-corrected chi connectivity index (χ0v) is 28.3. The van der Waals surface area contributed by atoms with Gasteiger partial charge in [-0.25, -0.2) is 18.6 Å². The molecule has 250 valence electrons. The van der Waals surface area contributed by atoms with E-state index in [1.54, 1.807) is 37.1 Å². The molecule has 0 bridgehead atoms. The van der Waals surface area contributed by atoms with E-state index in [2.05, 4.69) is 34.9 Å². The Morgan fingerprint density at radius 1 is 0.531 bits per heavy atom. The molecule has 15 heteroatoms. The van der Waals surface area contributed by atoms with E-state index in [4.69, 9.17) is 23.9 Å². The number of benzene rings is 1. The summed E-state index contributed by atoms with van der Waals surface area (Å²) in [5.41, 5.74) is 6.30. The summed E-state index contributed by atoms with van der Waals surface area (Å²) >= 11 is 0. The molecular formula is C34H29ClN8O5Ru. The molecule has 7 aromatic rings. The number of rotatable bonds is 3. The number of halogens is 1. The van der Waals surface area contributed by atoms with Crippen LogP contribution in [0.2, 0.25) is 0 Å². The van der Waals surface area contributed by atoms with Crippen LogP contribution in [0.15, 0.2) is 146 Å². The predicted octanol–water partition coefficient (Wildman–Crippen LogP) is 1.49. The van der Waals surface area contributed by atoms with Gasteiger partial charge < -0.3 is 15.4 Å². The molecule has 0 fully saturated rings. The minimum atomic E-state index is -4.94. The van der Waals surface area contributed by atoms with Gasteiger partial charge in [-0.1, -0.05) is 54.6 Å². The van der Waals surface area contributed by atoms with Gasteiger partial charge in [-0.2, -0.15) is 5.26 Å². The Morgan fingerprint density at radius 2 is 0.816 bits per heavy atom. The van der Waals surface area contributed by atoms with Crippen molar-refractivity contribution < 1.29 is 53.8 Å². The first-order valence-corrected chi connectivity index (χ1v) is 14.9. The van der Waals surface area contributed by atoms with Gasteiger partial charge in [0.05, 0.1) is 34.5 Å². The molecule has 13 nitrogen and oxygen atoms in total. The van der Waals surface area contributed by atoms with Gasteiger partial charge in [-0.3, -0.25) is 24.9 Å². The van der Waals surface area contributed by atoms with Gasteiger partial charge in [0.25, 0.3) is 0 Å². The number of nitrogens with zero attached hydrogens (tertiary/aromatic N) is 8. The van der Waals surface area contributed by atoms with Crippen LogP contribution >= 0.6 is 0 Å². The maximum absolute atomic E-state index is 8.49. The molecule has 7 rings (SSSR count). The summed E-state index contributed by atoms with van der Waals surface area (Å²) in [6.45, 7) is 1.43. The molecule has 0 aliphatic rings. The summed E-state index contributed by atoms with van der Waals surface area (Å²) in [5, 5.41) is 7.32. The van der Waals surface area contributed by atoms with Crippen LogP contribution in [0.5, 0.6) is 0 Å². The van der Waals surface area contributed by atoms with E-state index in [1.165, 1.54) is 6.92 Å². The van der Waals surface area contributed by atoms with Crippen molar-refractivity contribution in [2.45, 2.75) is 6.92 Å². The molecule has 0 atom stereocenters. The quantitative estimate of drug-likeness (QED) is 0.233. The summed E-state index contributed by atoms with van der Waals surface area (Å²) in [5.74, 6) is 0.691. The molecule has 0 spiro atoms. The molecule has 0 aliphatic heterocycles. The average Bonchev–Trinajstić information content (AvgIpc) is 3.55. The largest absolute Gasteiger partial charge is 2.00 e. The van der Waals surface area contributed by atoms with Gasteiger partial charge in [-0.15, -0.1) is 10.2 Å². The average molecular weight is 766 g/mol. The Morgan fingerprint density at radius 3 is 1.10 bits per heavy atom. The minimum absolute atomic E-state index is 0. The van der Waals surface area contributed by atoms with Crippen molar-refractivity contribution in [1.29, 1.82) is 5.26 Å². The van der Waals surface area contributed by atoms with Gasteiger partial charge >= 0.3 is 19.5 Å². The van der Waals surface area contributed by atoms with Crippen LogP contribution in [0, 0.1) is 21.6 Å². The van der Waals surface area contributed by atoms with Crippen LogP contribution in [0.25, 0.3) is 45.3 Å². The van der Waals surface area contributed by atoms with Crippen molar-refractivity contribution in [1.82, 2.24) is 34.9 Å². The van der Waals surface area contributed by atoms with E-state index in [0.29, 0.717) is 5.82 Å². The Balaban J connectivity index is 0.000000328. The number of hydrogen-bond donors (Lipinski definition) is 0. The molecular weight excluding hydrogens is 737 g/mol. The van der Waals surface area contributed by atoms with Gasteiger partial charge in [0.1, 0.15) is 0 Å². The Hall–Kier alpha value is -5.36. The van der Waals surface area contributed by atoms with E-state index in [0.717, 1.165) is 39.5 Å². The zero-order chi connectivity index (χ0) is 33.7. The number of fused-ring (bicyclic) bond motifs is 1. The Kier molecular flexibility index (Phi) is 19.6. The first kappa shape index (κ1) is 41.7. The normalized spacial score (nSPS) is 9.39. The second-order valence-electron chi connectivity index (χ2n) is 8.71. The summed E-state index contributed by atoms with van der Waals surface area (Å²) in [4.78, 5) is 29.8. The standard InChI is InChI=1S/C12H8N3.2C10H8N2.C2H3N.ClHO4.H2O.Ru/c1-2-6-10-9(5-1)14-12(15-10)11-7-3-4-8-13-11;2*1-3-7-11-9(5-1)10-6-2-4-8-12-10;1-2-3;2-1(3,4)5;;/h1-8H;2*1-8H;1H3;(H,2,3,4,5);1H2;/q-1;;;;;;+2/p-1. The third kappa shape index (κ3) is 16.3. The fourth-order valence-corrected chi connectivity index (χ4v) is 3.57. The van der Waals surface area contributed by atoms with Crippen molar-refractivity contribution >= 4 is 11.0 Å². The summed E-state index contributed by atoms with van der Waals surface area (Å²) in [7, 11) is -4.94. The van der Waals surface area contributed by atoms with Crippen molar-refractivity contribution in [3.63, 3.8) is 0 Å². The smallest absolute Gasteiger partial charge is 0.434 e. The molecule has 0 saturated carbocycles. The third-order valence-electron chi connectivity index (χ3n) is 5.41. The summed E-state index contributed by atoms with van der Waals surface area (Å²) < 4.78 is 34.0. The molecule has 1 aromatic carbocycles. The minimum Gasteiger partial charge on any atom is -0.434 e. The summed E-state index contributed by atoms with van der Waals surface area (Å²) in [6.07, 6.45) is 8.82. The molecule has 2 N–H and O–H groups in total. The number of aromatic nitrogens is 7. The topological polar surface area (TPSA) is 239 Å². The van der Waals surface area contributed by atoms with Crippen LogP contribution in [-0.4, -0.2) is 35.4 Å². The fourth-order valence-electron chi connectivity index (χ4n) is 3.57. The Bertz CT molecular complexity index is 1710. The van der Waals surface area contributed by atoms with Crippen LogP contribution in [0.1, 0.15) is 6.92 Å². The fraction of sp³-hybridized carbons (Fsp3) is 0.0294. The van der Waals surface area contributed by atoms with Gasteiger partial charge in [-0.05, 0) is 77.5 Å². The Labute approximate surface area is 297 Å². The predicted molar refractivity (Wildman–Crippen MR) is 168 cm³/mol. The van der Waals surface area contributed by atoms with Crippen LogP contribution in [0.4, 0.5) is 0 Å². The SMILES string of the molecule is CC#N.O.[O-][Cl+3]([O-])([O-])[O-].[Ru+2].c1ccc(-c2ccccn2)nc1.c1ccc(-c2ccccn2)nc1.c1ccc(-c2nc3ccccc3[n-]2)nc1. The number of nitriles is 1. The monoisotopic (exact) mass is 766 g/mol. The number of hydrogen-bond acceptors (Lipinski definition) is 11. The van der Waals surface area contributed by atoms with Crippen molar-refractivity contribution in [3.05, 3.63) is 146 Å². The van der Waals surface area contributed by atoms with Gasteiger partial charge in [0, 0.05) is 37.9 Å². The molecule has 49 heavy (non-hydrogen) atoms. The maximum atomic E-state index is 8.49. The molecule has 6 aromatic heterocycles. The molecule has 6 heterocycles. The van der Waals surface area contributed by atoms with E-state index >= 15 is 0 Å². The van der Waals surface area contributed by atoms with Gasteiger partial charge in [0.2, 0.25) is 0 Å². The van der Waals surface area contributed by atoms with E-state index < -0.39 is 10.2 Å². The molecule has 0 unspecified atom stereocenters. The van der Waals surface area contributed by atoms with Crippen molar-refractivity contribution in [2.24, 2.45) is 0 Å². The number of imidazole rings is 1. The molecule has 0 aliphatic carbocycles. The van der Waals surface area contributed by atoms with Gasteiger partial charge in [0.15, 0.2) is 0 Å². The van der Waals surface area contributed by atoms with Crippen molar-refractivity contribution in [3.8, 4) is 40.4 Å². The maximum Gasteiger partial charge on any atom is 2.00 e. The number of pyridine rings is 5. The molecule has 0 amide bonds. The molecule has 0 saturated heterocycles. The van der Waals surface area contributed by atoms with Crippen LogP contribution in [-0.2, 0) is 19.5 Å². The second-order valence-corrected chi connectivity index (χ2v) is 9.47. The first-order chi connectivity index (χ1) is 22.8. The third-order valence-corrected chi connectivity index (χ3v) is 5.41. The van der Waals surface area contributed by atoms with Crippen LogP contribution in [0.3, 0.4) is 0 Å². The molecule has 0 radical (unpaired) electrons. The summed E-state index contributed by atoms with van der Waals surface area (Å²) in [6, 6.07) is 38.5. The van der Waals surface area contributed by atoms with E-state index in [9.17, 15) is 0 Å². The van der Waals surface area contributed by atoms with E-state index in [-0.39, 0.29) is 25.0 Å². The van der Waals surface area contributed by atoms with Crippen molar-refractivity contribution in [2.75, 3.05) is 0 Å².